The minimum Gasteiger partial charge on any atom is -0.287 e. The lowest BCUT2D eigenvalue weighted by Crippen LogP contribution is -2.03. The van der Waals surface area contributed by atoms with Crippen molar-refractivity contribution in [2.45, 2.75) is 0 Å². The normalized spacial score (nSPS) is 9.71. The molecule has 2 rings (SSSR count). The van der Waals surface area contributed by atoms with E-state index in [4.69, 9.17) is 0 Å². The molecule has 0 aliphatic heterocycles. The molecule has 0 spiro atoms. The van der Waals surface area contributed by atoms with E-state index >= 15 is 0 Å². The van der Waals surface area contributed by atoms with Crippen LogP contribution < -0.4 is 0 Å². The second-order valence-electron chi connectivity index (χ2n) is 2.73. The molecule has 0 aliphatic carbocycles. The molecule has 67 valence electrons. The standard InChI is InChI=1S/C11H7N2O/c14-11(9-4-2-1-3-5-9)10-8-12-6-7-13-10/h1-5,7-8H. The lowest BCUT2D eigenvalue weighted by Gasteiger charge is -1.97. The summed E-state index contributed by atoms with van der Waals surface area (Å²) >= 11 is 0. The third-order valence-corrected chi connectivity index (χ3v) is 1.79. The van der Waals surface area contributed by atoms with E-state index in [0.717, 1.165) is 0 Å². The zero-order chi connectivity index (χ0) is 9.80. The van der Waals surface area contributed by atoms with Gasteiger partial charge in [-0.1, -0.05) is 30.3 Å². The first-order chi connectivity index (χ1) is 6.88. The first-order valence-electron chi connectivity index (χ1n) is 4.16. The average molecular weight is 183 g/mol. The molecule has 1 aromatic heterocycles. The van der Waals surface area contributed by atoms with E-state index in [9.17, 15) is 4.79 Å². The number of nitrogens with zero attached hydrogens (tertiary/aromatic N) is 2. The molecular formula is C11H7N2O. The zero-order valence-corrected chi connectivity index (χ0v) is 7.34. The summed E-state index contributed by atoms with van der Waals surface area (Å²) in [5, 5.41) is 0. The fourth-order valence-electron chi connectivity index (χ4n) is 1.12. The summed E-state index contributed by atoms with van der Waals surface area (Å²) in [5.41, 5.74) is 0.961. The van der Waals surface area contributed by atoms with Crippen molar-refractivity contribution in [2.75, 3.05) is 0 Å². The monoisotopic (exact) mass is 183 g/mol. The van der Waals surface area contributed by atoms with Crippen molar-refractivity contribution in [3.8, 4) is 0 Å². The maximum Gasteiger partial charge on any atom is 0.212 e. The zero-order valence-electron chi connectivity index (χ0n) is 7.34. The molecule has 0 amide bonds. The highest BCUT2D eigenvalue weighted by Gasteiger charge is 2.08. The third kappa shape index (κ3) is 1.66. The van der Waals surface area contributed by atoms with Gasteiger partial charge in [-0.25, -0.2) is 4.98 Å². The minimum atomic E-state index is -0.118. The van der Waals surface area contributed by atoms with Crippen LogP contribution in [0, 0.1) is 6.20 Å². The fraction of sp³-hybridized carbons (Fsp3) is 0. The molecule has 2 aromatic rings. The maximum atomic E-state index is 11.7. The van der Waals surface area contributed by atoms with Crippen LogP contribution in [0.1, 0.15) is 16.1 Å². The number of hydrogen-bond donors (Lipinski definition) is 0. The molecule has 1 heterocycles. The van der Waals surface area contributed by atoms with E-state index in [-0.39, 0.29) is 5.78 Å². The summed E-state index contributed by atoms with van der Waals surface area (Å²) in [4.78, 5) is 19.3. The van der Waals surface area contributed by atoms with E-state index < -0.39 is 0 Å². The second-order valence-corrected chi connectivity index (χ2v) is 2.73. The average Bonchev–Trinajstić information content (AvgIpc) is 2.30. The lowest BCUT2D eigenvalue weighted by atomic mass is 10.1. The SMILES string of the molecule is O=C(c1ccccc1)c1cn[c]cn1. The molecule has 1 aromatic carbocycles. The Morgan fingerprint density at radius 2 is 2.00 bits per heavy atom. The summed E-state index contributed by atoms with van der Waals surface area (Å²) < 4.78 is 0. The predicted octanol–water partition coefficient (Wildman–Crippen LogP) is 1.51. The number of hydrogen-bond acceptors (Lipinski definition) is 3. The van der Waals surface area contributed by atoms with Gasteiger partial charge in [0, 0.05) is 5.56 Å². The van der Waals surface area contributed by atoms with Crippen LogP contribution in [0.25, 0.3) is 0 Å². The number of carbonyl (C=O) groups is 1. The lowest BCUT2D eigenvalue weighted by molar-refractivity contribution is 0.103. The van der Waals surface area contributed by atoms with Crippen molar-refractivity contribution in [1.29, 1.82) is 0 Å². The van der Waals surface area contributed by atoms with Crippen molar-refractivity contribution in [3.63, 3.8) is 0 Å². The maximum absolute atomic E-state index is 11.7. The largest absolute Gasteiger partial charge is 0.287 e. The highest BCUT2D eigenvalue weighted by atomic mass is 16.1. The van der Waals surface area contributed by atoms with Gasteiger partial charge in [-0.15, -0.1) is 0 Å². The van der Waals surface area contributed by atoms with Crippen LogP contribution in [-0.4, -0.2) is 15.8 Å². The predicted molar refractivity (Wildman–Crippen MR) is 50.7 cm³/mol. The molecule has 3 heteroatoms. The highest BCUT2D eigenvalue weighted by molar-refractivity contribution is 6.07. The van der Waals surface area contributed by atoms with Crippen LogP contribution in [0.15, 0.2) is 42.7 Å². The Balaban J connectivity index is 2.35. The summed E-state index contributed by atoms with van der Waals surface area (Å²) in [5.74, 6) is -0.118. The van der Waals surface area contributed by atoms with Gasteiger partial charge in [0.15, 0.2) is 0 Å². The van der Waals surface area contributed by atoms with Crippen LogP contribution in [-0.2, 0) is 0 Å². The molecule has 1 radical (unpaired) electrons. The molecule has 0 fully saturated rings. The summed E-state index contributed by atoms with van der Waals surface area (Å²) in [7, 11) is 0. The van der Waals surface area contributed by atoms with E-state index in [1.807, 2.05) is 18.2 Å². The number of rotatable bonds is 2. The Bertz CT molecular complexity index is 384. The van der Waals surface area contributed by atoms with E-state index in [1.54, 1.807) is 12.1 Å². The smallest absolute Gasteiger partial charge is 0.212 e. The van der Waals surface area contributed by atoms with Crippen molar-refractivity contribution in [1.82, 2.24) is 9.97 Å². The molecule has 0 unspecified atom stereocenters. The van der Waals surface area contributed by atoms with Gasteiger partial charge in [-0.2, -0.15) is 0 Å². The van der Waals surface area contributed by atoms with Crippen molar-refractivity contribution < 1.29 is 4.79 Å². The van der Waals surface area contributed by atoms with Gasteiger partial charge in [-0.3, -0.25) is 9.78 Å². The summed E-state index contributed by atoms with van der Waals surface area (Å²) in [6.45, 7) is 0. The van der Waals surface area contributed by atoms with E-state index in [1.165, 1.54) is 12.4 Å². The first kappa shape index (κ1) is 8.56. The van der Waals surface area contributed by atoms with Gasteiger partial charge in [-0.05, 0) is 0 Å². The molecule has 3 nitrogen and oxygen atoms in total. The van der Waals surface area contributed by atoms with Gasteiger partial charge in [0.1, 0.15) is 11.9 Å². The van der Waals surface area contributed by atoms with Crippen molar-refractivity contribution in [3.05, 3.63) is 60.2 Å². The quantitative estimate of drug-likeness (QED) is 0.663. The Morgan fingerprint density at radius 1 is 1.21 bits per heavy atom. The number of benzene rings is 1. The summed E-state index contributed by atoms with van der Waals surface area (Å²) in [6, 6.07) is 8.99. The fourth-order valence-corrected chi connectivity index (χ4v) is 1.12. The number of carbonyl (C=O) groups excluding carboxylic acids is 1. The van der Waals surface area contributed by atoms with Crippen LogP contribution in [0.4, 0.5) is 0 Å². The molecule has 0 saturated carbocycles. The molecule has 0 N–H and O–H groups in total. The molecule has 0 atom stereocenters. The molecular weight excluding hydrogens is 176 g/mol. The third-order valence-electron chi connectivity index (χ3n) is 1.79. The van der Waals surface area contributed by atoms with Crippen LogP contribution in [0.5, 0.6) is 0 Å². The summed E-state index contributed by atoms with van der Waals surface area (Å²) in [6.07, 6.45) is 5.32. The van der Waals surface area contributed by atoms with Crippen molar-refractivity contribution in [2.24, 2.45) is 0 Å². The van der Waals surface area contributed by atoms with E-state index in [0.29, 0.717) is 11.3 Å². The molecule has 0 bridgehead atoms. The first-order valence-corrected chi connectivity index (χ1v) is 4.16. The van der Waals surface area contributed by atoms with Crippen LogP contribution in [0.3, 0.4) is 0 Å². The van der Waals surface area contributed by atoms with Gasteiger partial charge in [0.05, 0.1) is 12.4 Å². The Labute approximate surface area is 81.5 Å². The Hall–Kier alpha value is -2.03. The molecule has 0 aliphatic rings. The Morgan fingerprint density at radius 3 is 2.64 bits per heavy atom. The molecule has 14 heavy (non-hydrogen) atoms. The second kappa shape index (κ2) is 3.79. The van der Waals surface area contributed by atoms with Crippen LogP contribution >= 0.6 is 0 Å². The van der Waals surface area contributed by atoms with E-state index in [2.05, 4.69) is 16.2 Å². The van der Waals surface area contributed by atoms with Gasteiger partial charge in [0.25, 0.3) is 0 Å². The number of ketones is 1. The minimum absolute atomic E-state index is 0.118. The number of aromatic nitrogens is 2. The van der Waals surface area contributed by atoms with Gasteiger partial charge >= 0.3 is 0 Å². The topological polar surface area (TPSA) is 42.9 Å². The van der Waals surface area contributed by atoms with Gasteiger partial charge in [0.2, 0.25) is 5.78 Å². The molecule has 0 saturated heterocycles. The van der Waals surface area contributed by atoms with Crippen molar-refractivity contribution >= 4 is 5.78 Å². The Kier molecular flexibility index (Phi) is 2.32. The van der Waals surface area contributed by atoms with Crippen LogP contribution in [0.2, 0.25) is 0 Å². The highest BCUT2D eigenvalue weighted by Crippen LogP contribution is 2.05. The van der Waals surface area contributed by atoms with Gasteiger partial charge < -0.3 is 0 Å².